The minimum absolute atomic E-state index is 0.112. The fourth-order valence-electron chi connectivity index (χ4n) is 2.55. The molecule has 120 valence electrons. The van der Waals surface area contributed by atoms with Gasteiger partial charge >= 0.3 is 0 Å². The van der Waals surface area contributed by atoms with Crippen LogP contribution in [0.1, 0.15) is 5.56 Å². The lowest BCUT2D eigenvalue weighted by Gasteiger charge is -2.10. The summed E-state index contributed by atoms with van der Waals surface area (Å²) in [7, 11) is -2.17. The number of aromatic nitrogens is 1. The molecule has 2 aromatic carbocycles. The van der Waals surface area contributed by atoms with Gasteiger partial charge in [0, 0.05) is 29.8 Å². The summed E-state index contributed by atoms with van der Waals surface area (Å²) in [6.45, 7) is 0.218. The van der Waals surface area contributed by atoms with E-state index in [1.54, 1.807) is 31.3 Å². The SMILES string of the molecule is CNCc1c(O)c(F)cc2c1ccn2S(=O)(=O)c1ccccc1. The van der Waals surface area contributed by atoms with Crippen molar-refractivity contribution in [2.45, 2.75) is 11.4 Å². The van der Waals surface area contributed by atoms with Crippen molar-refractivity contribution in [2.24, 2.45) is 0 Å². The molecule has 7 heteroatoms. The van der Waals surface area contributed by atoms with Crippen molar-refractivity contribution in [3.05, 3.63) is 60.0 Å². The van der Waals surface area contributed by atoms with Gasteiger partial charge in [0.25, 0.3) is 10.0 Å². The van der Waals surface area contributed by atoms with Crippen molar-refractivity contribution in [1.29, 1.82) is 0 Å². The zero-order valence-corrected chi connectivity index (χ0v) is 13.1. The summed E-state index contributed by atoms with van der Waals surface area (Å²) >= 11 is 0. The first-order valence-electron chi connectivity index (χ1n) is 6.93. The molecule has 1 aromatic heterocycles. The van der Waals surface area contributed by atoms with Crippen LogP contribution in [0.3, 0.4) is 0 Å². The summed E-state index contributed by atoms with van der Waals surface area (Å²) < 4.78 is 40.5. The molecule has 0 saturated carbocycles. The first-order valence-corrected chi connectivity index (χ1v) is 8.37. The molecule has 0 aliphatic rings. The highest BCUT2D eigenvalue weighted by atomic mass is 32.2. The fourth-order valence-corrected chi connectivity index (χ4v) is 3.91. The quantitative estimate of drug-likeness (QED) is 0.769. The third-order valence-corrected chi connectivity index (χ3v) is 5.35. The molecular weight excluding hydrogens is 319 g/mol. The van der Waals surface area contributed by atoms with Gasteiger partial charge in [-0.2, -0.15) is 0 Å². The van der Waals surface area contributed by atoms with Gasteiger partial charge in [-0.1, -0.05) is 18.2 Å². The molecule has 0 unspecified atom stereocenters. The smallest absolute Gasteiger partial charge is 0.268 e. The van der Waals surface area contributed by atoms with Crippen molar-refractivity contribution >= 4 is 20.9 Å². The van der Waals surface area contributed by atoms with Crippen LogP contribution in [0.5, 0.6) is 5.75 Å². The zero-order valence-electron chi connectivity index (χ0n) is 12.3. The molecule has 0 fully saturated rings. The van der Waals surface area contributed by atoms with Crippen LogP contribution in [-0.4, -0.2) is 24.5 Å². The van der Waals surface area contributed by atoms with Crippen molar-refractivity contribution in [2.75, 3.05) is 7.05 Å². The Morgan fingerprint density at radius 1 is 1.22 bits per heavy atom. The van der Waals surface area contributed by atoms with E-state index in [0.717, 1.165) is 10.0 Å². The van der Waals surface area contributed by atoms with E-state index in [-0.39, 0.29) is 17.0 Å². The Hall–Kier alpha value is -2.38. The topological polar surface area (TPSA) is 71.3 Å². The minimum Gasteiger partial charge on any atom is -0.505 e. The number of hydrogen-bond donors (Lipinski definition) is 2. The van der Waals surface area contributed by atoms with Gasteiger partial charge in [0.2, 0.25) is 0 Å². The Balaban J connectivity index is 2.29. The maximum atomic E-state index is 14.0. The summed E-state index contributed by atoms with van der Waals surface area (Å²) in [5.41, 5.74) is 0.513. The fraction of sp³-hybridized carbons (Fsp3) is 0.125. The highest BCUT2D eigenvalue weighted by Gasteiger charge is 2.22. The van der Waals surface area contributed by atoms with Gasteiger partial charge in [0.15, 0.2) is 11.6 Å². The van der Waals surface area contributed by atoms with Gasteiger partial charge in [0.1, 0.15) is 0 Å². The van der Waals surface area contributed by atoms with Gasteiger partial charge in [-0.25, -0.2) is 16.8 Å². The Morgan fingerprint density at radius 3 is 2.57 bits per heavy atom. The number of aromatic hydroxyl groups is 1. The van der Waals surface area contributed by atoms with Crippen molar-refractivity contribution < 1.29 is 17.9 Å². The monoisotopic (exact) mass is 334 g/mol. The lowest BCUT2D eigenvalue weighted by molar-refractivity contribution is 0.426. The third kappa shape index (κ3) is 2.47. The average molecular weight is 334 g/mol. The van der Waals surface area contributed by atoms with E-state index in [2.05, 4.69) is 5.32 Å². The van der Waals surface area contributed by atoms with Crippen LogP contribution in [0.25, 0.3) is 10.9 Å². The van der Waals surface area contributed by atoms with E-state index >= 15 is 0 Å². The maximum absolute atomic E-state index is 14.0. The molecule has 0 aliphatic heterocycles. The number of fused-ring (bicyclic) bond motifs is 1. The van der Waals surface area contributed by atoms with Crippen LogP contribution < -0.4 is 5.32 Å². The number of hydrogen-bond acceptors (Lipinski definition) is 4. The number of rotatable bonds is 4. The van der Waals surface area contributed by atoms with E-state index in [1.165, 1.54) is 18.3 Å². The van der Waals surface area contributed by atoms with Crippen LogP contribution in [0, 0.1) is 5.82 Å². The molecule has 0 amide bonds. The molecule has 0 bridgehead atoms. The maximum Gasteiger partial charge on any atom is 0.268 e. The second-order valence-corrected chi connectivity index (χ2v) is 6.89. The number of phenolic OH excluding ortho intramolecular Hbond substituents is 1. The van der Waals surface area contributed by atoms with E-state index in [1.807, 2.05) is 0 Å². The number of halogens is 1. The average Bonchev–Trinajstić information content (AvgIpc) is 2.96. The van der Waals surface area contributed by atoms with E-state index in [0.29, 0.717) is 10.9 Å². The number of nitrogens with one attached hydrogen (secondary N) is 1. The van der Waals surface area contributed by atoms with E-state index < -0.39 is 21.6 Å². The second kappa shape index (κ2) is 5.68. The van der Waals surface area contributed by atoms with Crippen molar-refractivity contribution in [3.63, 3.8) is 0 Å². The highest BCUT2D eigenvalue weighted by Crippen LogP contribution is 2.32. The number of nitrogens with zero attached hydrogens (tertiary/aromatic N) is 1. The molecule has 1 heterocycles. The molecule has 3 aromatic rings. The van der Waals surface area contributed by atoms with Crippen molar-refractivity contribution in [3.8, 4) is 5.75 Å². The number of phenols is 1. The lowest BCUT2D eigenvalue weighted by Crippen LogP contribution is -2.12. The molecule has 23 heavy (non-hydrogen) atoms. The Kier molecular flexibility index (Phi) is 3.83. The van der Waals surface area contributed by atoms with Gasteiger partial charge in [0.05, 0.1) is 10.4 Å². The van der Waals surface area contributed by atoms with E-state index in [4.69, 9.17) is 0 Å². The minimum atomic E-state index is -3.84. The molecule has 2 N–H and O–H groups in total. The van der Waals surface area contributed by atoms with Crippen LogP contribution >= 0.6 is 0 Å². The van der Waals surface area contributed by atoms with Crippen molar-refractivity contribution in [1.82, 2.24) is 9.29 Å². The van der Waals surface area contributed by atoms with Gasteiger partial charge in [-0.05, 0) is 25.2 Å². The molecule has 0 aliphatic carbocycles. The summed E-state index contributed by atoms with van der Waals surface area (Å²) in [5, 5.41) is 13.2. The Bertz CT molecular complexity index is 966. The second-order valence-electron chi connectivity index (χ2n) is 5.08. The summed E-state index contributed by atoms with van der Waals surface area (Å²) in [6, 6.07) is 10.5. The Labute approximate surface area is 133 Å². The molecule has 0 spiro atoms. The molecular formula is C16H15FN2O3S. The predicted octanol–water partition coefficient (Wildman–Crippen LogP) is 2.44. The standard InChI is InChI=1S/C16H15FN2O3S/c1-18-10-13-12-7-8-19(15(12)9-14(17)16(13)20)23(21,22)11-5-3-2-4-6-11/h2-9,18,20H,10H2,1H3. The van der Waals surface area contributed by atoms with Gasteiger partial charge in [-0.15, -0.1) is 0 Å². The third-order valence-electron chi connectivity index (χ3n) is 3.64. The highest BCUT2D eigenvalue weighted by molar-refractivity contribution is 7.90. The first-order chi connectivity index (χ1) is 11.0. The molecule has 5 nitrogen and oxygen atoms in total. The predicted molar refractivity (Wildman–Crippen MR) is 85.4 cm³/mol. The van der Waals surface area contributed by atoms with Crippen LogP contribution in [-0.2, 0) is 16.6 Å². The molecule has 0 radical (unpaired) electrons. The number of benzene rings is 2. The first kappa shape index (κ1) is 15.5. The normalized spacial score (nSPS) is 11.9. The Morgan fingerprint density at radius 2 is 1.91 bits per heavy atom. The van der Waals surface area contributed by atoms with Crippen LogP contribution in [0.15, 0.2) is 53.6 Å². The lowest BCUT2D eigenvalue weighted by atomic mass is 10.1. The van der Waals surface area contributed by atoms with Crippen LogP contribution in [0.2, 0.25) is 0 Å². The largest absolute Gasteiger partial charge is 0.505 e. The summed E-state index contributed by atoms with van der Waals surface area (Å²) in [4.78, 5) is 0.112. The van der Waals surface area contributed by atoms with Gasteiger partial charge in [-0.3, -0.25) is 0 Å². The molecule has 3 rings (SSSR count). The molecule has 0 atom stereocenters. The van der Waals surface area contributed by atoms with Crippen LogP contribution in [0.4, 0.5) is 4.39 Å². The zero-order chi connectivity index (χ0) is 16.6. The van der Waals surface area contributed by atoms with E-state index in [9.17, 15) is 17.9 Å². The summed E-state index contributed by atoms with van der Waals surface area (Å²) in [6.07, 6.45) is 1.37. The molecule has 0 saturated heterocycles. The summed E-state index contributed by atoms with van der Waals surface area (Å²) in [5.74, 6) is -1.33. The van der Waals surface area contributed by atoms with Gasteiger partial charge < -0.3 is 10.4 Å².